The summed E-state index contributed by atoms with van der Waals surface area (Å²) in [5.41, 5.74) is 0. The summed E-state index contributed by atoms with van der Waals surface area (Å²) in [4.78, 5) is -0.0941. The summed E-state index contributed by atoms with van der Waals surface area (Å²) in [6, 6.07) is 4.51. The van der Waals surface area contributed by atoms with Crippen LogP contribution in [0, 0.1) is 11.7 Å². The Balaban J connectivity index is 2.11. The van der Waals surface area contributed by atoms with Crippen LogP contribution >= 0.6 is 0 Å². The molecule has 1 aliphatic rings. The highest BCUT2D eigenvalue weighted by Gasteiger charge is 2.24. The van der Waals surface area contributed by atoms with E-state index in [1.807, 2.05) is 0 Å². The second-order valence-electron chi connectivity index (χ2n) is 4.25. The van der Waals surface area contributed by atoms with Gasteiger partial charge < -0.3 is 5.11 Å². The fourth-order valence-corrected chi connectivity index (χ4v) is 3.13. The van der Waals surface area contributed by atoms with Gasteiger partial charge in [-0.1, -0.05) is 18.2 Å². The van der Waals surface area contributed by atoms with Crippen LogP contribution in [0.25, 0.3) is 0 Å². The SMILES string of the molecule is O=S(=O)(N[C@@H]1C=C[C@H](CO)C1)c1cccc(F)c1. The van der Waals surface area contributed by atoms with E-state index in [-0.39, 0.29) is 23.5 Å². The first-order chi connectivity index (χ1) is 8.51. The molecule has 18 heavy (non-hydrogen) atoms. The number of aliphatic hydroxyl groups excluding tert-OH is 1. The molecule has 4 nitrogen and oxygen atoms in total. The molecular formula is C12H14FNO3S. The second-order valence-corrected chi connectivity index (χ2v) is 5.96. The van der Waals surface area contributed by atoms with E-state index >= 15 is 0 Å². The summed E-state index contributed by atoms with van der Waals surface area (Å²) in [6.45, 7) is -0.00527. The van der Waals surface area contributed by atoms with Gasteiger partial charge in [0.15, 0.2) is 0 Å². The minimum Gasteiger partial charge on any atom is -0.396 e. The van der Waals surface area contributed by atoms with Crippen molar-refractivity contribution in [2.24, 2.45) is 5.92 Å². The average molecular weight is 271 g/mol. The Morgan fingerprint density at radius 1 is 1.39 bits per heavy atom. The molecule has 2 N–H and O–H groups in total. The van der Waals surface area contributed by atoms with Crippen molar-refractivity contribution in [3.63, 3.8) is 0 Å². The average Bonchev–Trinajstić information content (AvgIpc) is 2.76. The van der Waals surface area contributed by atoms with Crippen molar-refractivity contribution in [2.45, 2.75) is 17.4 Å². The molecule has 0 bridgehead atoms. The number of hydrogen-bond acceptors (Lipinski definition) is 3. The first-order valence-electron chi connectivity index (χ1n) is 5.58. The Morgan fingerprint density at radius 3 is 2.78 bits per heavy atom. The summed E-state index contributed by atoms with van der Waals surface area (Å²) in [6.07, 6.45) is 4.00. The summed E-state index contributed by atoms with van der Waals surface area (Å²) >= 11 is 0. The lowest BCUT2D eigenvalue weighted by Crippen LogP contribution is -2.33. The third-order valence-corrected chi connectivity index (χ3v) is 4.31. The summed E-state index contributed by atoms with van der Waals surface area (Å²) in [5.74, 6) is -0.613. The van der Waals surface area contributed by atoms with Crippen LogP contribution in [0.15, 0.2) is 41.3 Å². The van der Waals surface area contributed by atoms with E-state index in [0.29, 0.717) is 6.42 Å². The van der Waals surface area contributed by atoms with Crippen molar-refractivity contribution in [3.8, 4) is 0 Å². The van der Waals surface area contributed by atoms with Gasteiger partial charge in [0.25, 0.3) is 0 Å². The van der Waals surface area contributed by atoms with E-state index in [1.54, 1.807) is 12.2 Å². The lowest BCUT2D eigenvalue weighted by molar-refractivity contribution is 0.248. The second kappa shape index (κ2) is 5.17. The van der Waals surface area contributed by atoms with Crippen LogP contribution < -0.4 is 4.72 Å². The number of halogens is 1. The minimum absolute atomic E-state index is 0.00527. The molecule has 2 rings (SSSR count). The van der Waals surface area contributed by atoms with E-state index in [4.69, 9.17) is 5.11 Å². The normalized spacial score (nSPS) is 23.4. The molecule has 2 atom stereocenters. The predicted molar refractivity (Wildman–Crippen MR) is 64.8 cm³/mol. The Labute approximate surface area is 105 Å². The first kappa shape index (κ1) is 13.2. The molecule has 0 aromatic heterocycles. The molecule has 0 spiro atoms. The van der Waals surface area contributed by atoms with Crippen LogP contribution in [-0.4, -0.2) is 26.2 Å². The number of nitrogens with one attached hydrogen (secondary N) is 1. The predicted octanol–water partition coefficient (Wildman–Crippen LogP) is 1.04. The fourth-order valence-electron chi connectivity index (χ4n) is 1.90. The molecule has 0 amide bonds. The van der Waals surface area contributed by atoms with Crippen molar-refractivity contribution in [1.82, 2.24) is 4.72 Å². The highest BCUT2D eigenvalue weighted by molar-refractivity contribution is 7.89. The van der Waals surface area contributed by atoms with Crippen LogP contribution in [0.2, 0.25) is 0 Å². The number of benzene rings is 1. The van der Waals surface area contributed by atoms with E-state index in [9.17, 15) is 12.8 Å². The van der Waals surface area contributed by atoms with Gasteiger partial charge in [-0.2, -0.15) is 0 Å². The maximum atomic E-state index is 13.0. The van der Waals surface area contributed by atoms with E-state index < -0.39 is 15.8 Å². The molecular weight excluding hydrogens is 257 g/mol. The number of rotatable bonds is 4. The zero-order chi connectivity index (χ0) is 13.2. The Hall–Kier alpha value is -1.24. The summed E-state index contributed by atoms with van der Waals surface area (Å²) < 4.78 is 39.4. The smallest absolute Gasteiger partial charge is 0.241 e. The number of sulfonamides is 1. The molecule has 0 unspecified atom stereocenters. The van der Waals surface area contributed by atoms with Crippen molar-refractivity contribution in [1.29, 1.82) is 0 Å². The van der Waals surface area contributed by atoms with Crippen molar-refractivity contribution >= 4 is 10.0 Å². The van der Waals surface area contributed by atoms with Gasteiger partial charge in [0, 0.05) is 18.6 Å². The largest absolute Gasteiger partial charge is 0.396 e. The first-order valence-corrected chi connectivity index (χ1v) is 7.06. The minimum atomic E-state index is -3.72. The van der Waals surface area contributed by atoms with Gasteiger partial charge in [0.1, 0.15) is 5.82 Å². The topological polar surface area (TPSA) is 66.4 Å². The third-order valence-electron chi connectivity index (χ3n) is 2.82. The van der Waals surface area contributed by atoms with Crippen molar-refractivity contribution < 1.29 is 17.9 Å². The summed E-state index contributed by atoms with van der Waals surface area (Å²) in [5, 5.41) is 8.96. The number of hydrogen-bond donors (Lipinski definition) is 2. The highest BCUT2D eigenvalue weighted by atomic mass is 32.2. The van der Waals surface area contributed by atoms with Gasteiger partial charge in [-0.05, 0) is 24.6 Å². The van der Waals surface area contributed by atoms with E-state index in [1.165, 1.54) is 18.2 Å². The van der Waals surface area contributed by atoms with Crippen LogP contribution in [0.5, 0.6) is 0 Å². The third kappa shape index (κ3) is 2.95. The fraction of sp³-hybridized carbons (Fsp3) is 0.333. The van der Waals surface area contributed by atoms with Crippen LogP contribution in [0.1, 0.15) is 6.42 Å². The molecule has 0 heterocycles. The monoisotopic (exact) mass is 271 g/mol. The van der Waals surface area contributed by atoms with E-state index in [0.717, 1.165) is 6.07 Å². The number of aliphatic hydroxyl groups is 1. The van der Waals surface area contributed by atoms with Crippen LogP contribution in [-0.2, 0) is 10.0 Å². The lowest BCUT2D eigenvalue weighted by atomic mass is 10.1. The molecule has 0 saturated heterocycles. The van der Waals surface area contributed by atoms with Gasteiger partial charge in [-0.25, -0.2) is 17.5 Å². The molecule has 1 aromatic rings. The molecule has 0 radical (unpaired) electrons. The van der Waals surface area contributed by atoms with Crippen LogP contribution in [0.4, 0.5) is 4.39 Å². The zero-order valence-corrected chi connectivity index (χ0v) is 10.4. The van der Waals surface area contributed by atoms with Gasteiger partial charge >= 0.3 is 0 Å². The lowest BCUT2D eigenvalue weighted by Gasteiger charge is -2.13. The molecule has 1 aliphatic carbocycles. The Kier molecular flexibility index (Phi) is 3.79. The zero-order valence-electron chi connectivity index (χ0n) is 9.58. The van der Waals surface area contributed by atoms with Gasteiger partial charge in [0.05, 0.1) is 4.90 Å². The van der Waals surface area contributed by atoms with E-state index in [2.05, 4.69) is 4.72 Å². The standard InChI is InChI=1S/C12H14FNO3S/c13-10-2-1-3-12(7-10)18(16,17)14-11-5-4-9(6-11)8-15/h1-5,7,9,11,14-15H,6,8H2/t9-,11+/m0/s1. The van der Waals surface area contributed by atoms with Gasteiger partial charge in [-0.15, -0.1) is 0 Å². The molecule has 6 heteroatoms. The molecule has 0 saturated carbocycles. The molecule has 0 fully saturated rings. The Morgan fingerprint density at radius 2 is 2.17 bits per heavy atom. The maximum absolute atomic E-state index is 13.0. The highest BCUT2D eigenvalue weighted by Crippen LogP contribution is 2.19. The van der Waals surface area contributed by atoms with Crippen molar-refractivity contribution in [2.75, 3.05) is 6.61 Å². The van der Waals surface area contributed by atoms with Crippen LogP contribution in [0.3, 0.4) is 0 Å². The molecule has 1 aromatic carbocycles. The molecule has 0 aliphatic heterocycles. The quantitative estimate of drug-likeness (QED) is 0.804. The summed E-state index contributed by atoms with van der Waals surface area (Å²) in [7, 11) is -3.72. The molecule has 98 valence electrons. The maximum Gasteiger partial charge on any atom is 0.241 e. The van der Waals surface area contributed by atoms with Gasteiger partial charge in [0.2, 0.25) is 10.0 Å². The Bertz CT molecular complexity index is 556. The van der Waals surface area contributed by atoms with Crippen molar-refractivity contribution in [3.05, 3.63) is 42.2 Å². The van der Waals surface area contributed by atoms with Gasteiger partial charge in [-0.3, -0.25) is 0 Å².